The van der Waals surface area contributed by atoms with Gasteiger partial charge in [0, 0.05) is 16.5 Å². The van der Waals surface area contributed by atoms with Crippen LogP contribution in [0.25, 0.3) is 0 Å². The highest BCUT2D eigenvalue weighted by atomic mass is 32.3. The van der Waals surface area contributed by atoms with Crippen LogP contribution in [-0.2, 0) is 37.8 Å². The second-order valence-electron chi connectivity index (χ2n) is 7.33. The van der Waals surface area contributed by atoms with Gasteiger partial charge in [0.15, 0.2) is 4.90 Å². The molecule has 5 nitrogen and oxygen atoms in total. The minimum Gasteiger partial charge on any atom is -0.726 e. The van der Waals surface area contributed by atoms with Gasteiger partial charge in [0.1, 0.15) is 17.8 Å². The van der Waals surface area contributed by atoms with E-state index in [4.69, 9.17) is 0 Å². The van der Waals surface area contributed by atoms with E-state index in [0.29, 0.717) is 17.2 Å². The van der Waals surface area contributed by atoms with Crippen molar-refractivity contribution in [3.8, 4) is 5.75 Å². The van der Waals surface area contributed by atoms with Crippen molar-refractivity contribution in [3.63, 3.8) is 0 Å². The summed E-state index contributed by atoms with van der Waals surface area (Å²) in [5, 5.41) is 9.23. The van der Waals surface area contributed by atoms with Crippen molar-refractivity contribution in [1.82, 2.24) is 0 Å². The molecule has 1 N–H and O–H groups in total. The fourth-order valence-electron chi connectivity index (χ4n) is 2.72. The van der Waals surface area contributed by atoms with Crippen LogP contribution in [0.3, 0.4) is 0 Å². The van der Waals surface area contributed by atoms with Crippen molar-refractivity contribution in [2.24, 2.45) is 0 Å². The van der Waals surface area contributed by atoms with Crippen molar-refractivity contribution in [3.05, 3.63) is 95.6 Å². The molecule has 0 aliphatic heterocycles. The summed E-state index contributed by atoms with van der Waals surface area (Å²) in [6.45, 7) is 3.92. The lowest BCUT2D eigenvalue weighted by Crippen LogP contribution is -2.03. The predicted octanol–water partition coefficient (Wildman–Crippen LogP) is 4.99. The average Bonchev–Trinajstić information content (AvgIpc) is 2.74. The molecule has 3 aromatic carbocycles. The summed E-state index contributed by atoms with van der Waals surface area (Å²) in [6.07, 6.45) is 2.24. The summed E-state index contributed by atoms with van der Waals surface area (Å²) in [5.41, 5.74) is 3.18. The summed E-state index contributed by atoms with van der Waals surface area (Å²) in [6, 6.07) is 25.3. The van der Waals surface area contributed by atoms with Gasteiger partial charge in [-0.05, 0) is 41.3 Å². The van der Waals surface area contributed by atoms with Crippen LogP contribution in [0.4, 0.5) is 0 Å². The minimum absolute atomic E-state index is 0.196. The standard InChI is InChI=1S/C14H14OS.C10H14O4S/c1-16(11-12-5-3-2-4-6-12)14-9-7-13(15)8-10-14;1-8(2)10-5-3-9(4-6-10)7-14-15(11,12)13/h2-10H,11H2,1H3;3-6,8H,7H2,1-2H3,(H,11,12,13). The van der Waals surface area contributed by atoms with Crippen LogP contribution in [0, 0.1) is 0 Å². The van der Waals surface area contributed by atoms with Gasteiger partial charge in [-0.3, -0.25) is 4.18 Å². The Balaban J connectivity index is 0.000000221. The third kappa shape index (κ3) is 9.57. The molecule has 0 saturated carbocycles. The molecule has 0 heterocycles. The molecule has 7 heteroatoms. The zero-order valence-corrected chi connectivity index (χ0v) is 19.5. The maximum Gasteiger partial charge on any atom is 0.217 e. The van der Waals surface area contributed by atoms with Gasteiger partial charge >= 0.3 is 0 Å². The van der Waals surface area contributed by atoms with Gasteiger partial charge in [0.2, 0.25) is 10.4 Å². The van der Waals surface area contributed by atoms with Crippen molar-refractivity contribution >= 4 is 21.3 Å². The summed E-state index contributed by atoms with van der Waals surface area (Å²) >= 11 is 0. The highest BCUT2D eigenvalue weighted by Crippen LogP contribution is 2.19. The number of phenolic OH excluding ortho intramolecular Hbond substituents is 1. The molecule has 166 valence electrons. The quantitative estimate of drug-likeness (QED) is 0.305. The van der Waals surface area contributed by atoms with Crippen LogP contribution < -0.4 is 0 Å². The molecule has 0 bridgehead atoms. The molecule has 0 fully saturated rings. The summed E-state index contributed by atoms with van der Waals surface area (Å²) in [4.78, 5) is 1.29. The van der Waals surface area contributed by atoms with Crippen LogP contribution in [0.5, 0.6) is 5.75 Å². The average molecular weight is 461 g/mol. The molecule has 0 amide bonds. The molecule has 3 aromatic rings. The molecule has 0 saturated heterocycles. The first-order chi connectivity index (χ1) is 14.6. The maximum atomic E-state index is 10.2. The van der Waals surface area contributed by atoms with Crippen molar-refractivity contribution < 1.29 is 22.3 Å². The van der Waals surface area contributed by atoms with Gasteiger partial charge in [-0.15, -0.1) is 0 Å². The van der Waals surface area contributed by atoms with Crippen molar-refractivity contribution in [2.75, 3.05) is 6.26 Å². The van der Waals surface area contributed by atoms with E-state index in [2.05, 4.69) is 48.6 Å². The van der Waals surface area contributed by atoms with Gasteiger partial charge in [0.05, 0.1) is 6.61 Å². The van der Waals surface area contributed by atoms with E-state index in [0.717, 1.165) is 11.3 Å². The lowest BCUT2D eigenvalue weighted by atomic mass is 10.0. The van der Waals surface area contributed by atoms with E-state index < -0.39 is 10.4 Å². The Kier molecular flexibility index (Phi) is 9.58. The molecule has 0 aromatic heterocycles. The fourth-order valence-corrected chi connectivity index (χ4v) is 4.47. The first kappa shape index (κ1) is 24.9. The van der Waals surface area contributed by atoms with Gasteiger partial charge in [-0.1, -0.05) is 68.4 Å². The molecule has 0 aliphatic rings. The first-order valence-corrected chi connectivity index (χ1v) is 12.9. The first-order valence-electron chi connectivity index (χ1n) is 9.78. The Hall–Kier alpha value is -2.32. The fraction of sp³-hybridized carbons (Fsp3) is 0.250. The van der Waals surface area contributed by atoms with Crippen molar-refractivity contribution in [1.29, 1.82) is 0 Å². The van der Waals surface area contributed by atoms with Gasteiger partial charge < -0.3 is 9.66 Å². The van der Waals surface area contributed by atoms with Gasteiger partial charge in [-0.2, -0.15) is 0 Å². The Morgan fingerprint density at radius 1 is 0.903 bits per heavy atom. The lowest BCUT2D eigenvalue weighted by Gasteiger charge is -2.09. The zero-order chi connectivity index (χ0) is 22.9. The Morgan fingerprint density at radius 3 is 2.00 bits per heavy atom. The van der Waals surface area contributed by atoms with Gasteiger partial charge in [-0.25, -0.2) is 8.42 Å². The topological polar surface area (TPSA) is 86.7 Å². The Morgan fingerprint density at radius 2 is 1.48 bits per heavy atom. The van der Waals surface area contributed by atoms with Crippen LogP contribution >= 0.6 is 0 Å². The zero-order valence-electron chi connectivity index (χ0n) is 17.9. The Bertz CT molecular complexity index is 1020. The third-order valence-corrected chi connectivity index (χ3v) is 6.73. The van der Waals surface area contributed by atoms with Crippen LogP contribution in [0.1, 0.15) is 36.5 Å². The van der Waals surface area contributed by atoms with E-state index >= 15 is 0 Å². The van der Waals surface area contributed by atoms with Crippen LogP contribution in [0.2, 0.25) is 0 Å². The second-order valence-corrected chi connectivity index (χ2v) is 10.4. The lowest BCUT2D eigenvalue weighted by molar-refractivity contribution is 0.253. The van der Waals surface area contributed by atoms with E-state index in [9.17, 15) is 18.1 Å². The minimum atomic E-state index is -4.60. The highest BCUT2D eigenvalue weighted by Gasteiger charge is 2.15. The van der Waals surface area contributed by atoms with E-state index in [-0.39, 0.29) is 17.5 Å². The number of phenols is 1. The van der Waals surface area contributed by atoms with E-state index in [1.807, 2.05) is 30.3 Å². The van der Waals surface area contributed by atoms with Crippen LogP contribution in [-0.4, -0.2) is 24.3 Å². The smallest absolute Gasteiger partial charge is 0.217 e. The number of hydrogen-bond acceptors (Lipinski definition) is 5. The Labute approximate surface area is 188 Å². The molecule has 1 atom stereocenters. The predicted molar refractivity (Wildman–Crippen MR) is 125 cm³/mol. The van der Waals surface area contributed by atoms with E-state index in [1.54, 1.807) is 24.3 Å². The molecule has 0 aliphatic carbocycles. The molecule has 0 radical (unpaired) electrons. The number of benzene rings is 3. The highest BCUT2D eigenvalue weighted by molar-refractivity contribution is 7.95. The largest absolute Gasteiger partial charge is 0.726 e. The summed E-state index contributed by atoms with van der Waals surface area (Å²) in [7, 11) is -4.40. The van der Waals surface area contributed by atoms with Crippen LogP contribution in [0.15, 0.2) is 83.8 Å². The molecule has 1 unspecified atom stereocenters. The third-order valence-electron chi connectivity index (χ3n) is 4.48. The molecule has 31 heavy (non-hydrogen) atoms. The monoisotopic (exact) mass is 460 g/mol. The summed E-state index contributed by atoms with van der Waals surface area (Å²) < 4.78 is 34.7. The van der Waals surface area contributed by atoms with Crippen molar-refractivity contribution in [2.45, 2.75) is 37.0 Å². The molecule has 0 spiro atoms. The van der Waals surface area contributed by atoms with E-state index in [1.165, 1.54) is 10.5 Å². The number of aromatic hydroxyl groups is 1. The SMILES string of the molecule is CC(C)c1ccc(COS(=O)(=O)[O-])cc1.C[S+](Cc1ccccc1)c1ccc(O)cc1. The molecular formula is C24H28O5S2. The number of hydrogen-bond donors (Lipinski definition) is 1. The second kappa shape index (κ2) is 11.9. The maximum absolute atomic E-state index is 10.2. The molecular weight excluding hydrogens is 432 g/mol. The number of rotatable bonds is 7. The summed E-state index contributed by atoms with van der Waals surface area (Å²) in [5.74, 6) is 1.81. The van der Waals surface area contributed by atoms with Gasteiger partial charge in [0.25, 0.3) is 0 Å². The normalized spacial score (nSPS) is 12.2. The molecule has 3 rings (SSSR count).